The van der Waals surface area contributed by atoms with E-state index in [1.54, 1.807) is 26.2 Å². The molecule has 0 saturated carbocycles. The van der Waals surface area contributed by atoms with Crippen LogP contribution in [0.4, 0.5) is 5.69 Å². The van der Waals surface area contributed by atoms with E-state index in [2.05, 4.69) is 20.8 Å². The molecule has 0 aliphatic carbocycles. The van der Waals surface area contributed by atoms with Crippen molar-refractivity contribution < 1.29 is 8.42 Å². The average Bonchev–Trinajstić information content (AvgIpc) is 2.48. The van der Waals surface area contributed by atoms with Gasteiger partial charge >= 0.3 is 0 Å². The van der Waals surface area contributed by atoms with E-state index < -0.39 is 10.0 Å². The Bertz CT molecular complexity index is 556. The number of benzene rings is 1. The molecular formula is C15H23BrN2O2S. The highest BCUT2D eigenvalue weighted by atomic mass is 79.9. The molecule has 0 N–H and O–H groups in total. The molecule has 21 heavy (non-hydrogen) atoms. The fraction of sp³-hybridized carbons (Fsp3) is 0.600. The van der Waals surface area contributed by atoms with Gasteiger partial charge in [0, 0.05) is 37.7 Å². The Labute approximate surface area is 136 Å². The molecule has 4 nitrogen and oxygen atoms in total. The molecule has 1 aliphatic rings. The van der Waals surface area contributed by atoms with Crippen molar-refractivity contribution in [3.05, 3.63) is 24.3 Å². The molecule has 118 valence electrons. The SMILES string of the molecule is CN(C)S(=O)(=O)c1ccc(N2CCCCC2CCBr)cc1. The van der Waals surface area contributed by atoms with Crippen LogP contribution in [-0.4, -0.2) is 44.7 Å². The number of alkyl halides is 1. The minimum Gasteiger partial charge on any atom is -0.369 e. The van der Waals surface area contributed by atoms with Gasteiger partial charge in [-0.3, -0.25) is 0 Å². The fourth-order valence-electron chi connectivity index (χ4n) is 2.79. The zero-order chi connectivity index (χ0) is 15.5. The van der Waals surface area contributed by atoms with Crippen LogP contribution in [0.5, 0.6) is 0 Å². The van der Waals surface area contributed by atoms with Crippen LogP contribution in [0.2, 0.25) is 0 Å². The molecule has 1 fully saturated rings. The third kappa shape index (κ3) is 3.79. The van der Waals surface area contributed by atoms with Crippen LogP contribution >= 0.6 is 15.9 Å². The Kier molecular flexibility index (Phi) is 5.68. The smallest absolute Gasteiger partial charge is 0.242 e. The summed E-state index contributed by atoms with van der Waals surface area (Å²) in [5, 5.41) is 1.00. The summed E-state index contributed by atoms with van der Waals surface area (Å²) in [6, 6.07) is 7.84. The summed E-state index contributed by atoms with van der Waals surface area (Å²) in [6.07, 6.45) is 4.82. The second kappa shape index (κ2) is 7.11. The second-order valence-electron chi connectivity index (χ2n) is 5.60. The van der Waals surface area contributed by atoms with Crippen molar-refractivity contribution in [3.8, 4) is 0 Å². The number of hydrogen-bond donors (Lipinski definition) is 0. The van der Waals surface area contributed by atoms with Gasteiger partial charge in [0.05, 0.1) is 4.90 Å². The lowest BCUT2D eigenvalue weighted by atomic mass is 9.99. The van der Waals surface area contributed by atoms with E-state index in [0.29, 0.717) is 10.9 Å². The van der Waals surface area contributed by atoms with Crippen LogP contribution < -0.4 is 4.90 Å². The van der Waals surface area contributed by atoms with Crippen molar-refractivity contribution in [3.63, 3.8) is 0 Å². The first-order valence-corrected chi connectivity index (χ1v) is 9.88. The Morgan fingerprint density at radius 2 is 1.90 bits per heavy atom. The molecule has 0 bridgehead atoms. The predicted molar refractivity (Wildman–Crippen MR) is 90.7 cm³/mol. The number of nitrogens with zero attached hydrogens (tertiary/aromatic N) is 2. The third-order valence-corrected chi connectivity index (χ3v) is 6.30. The van der Waals surface area contributed by atoms with Crippen molar-refractivity contribution in [1.29, 1.82) is 0 Å². The molecule has 1 aliphatic heterocycles. The summed E-state index contributed by atoms with van der Waals surface area (Å²) in [5.74, 6) is 0. The van der Waals surface area contributed by atoms with E-state index in [0.717, 1.165) is 24.0 Å². The molecule has 1 unspecified atom stereocenters. The van der Waals surface area contributed by atoms with Crippen LogP contribution in [0.1, 0.15) is 25.7 Å². The number of halogens is 1. The highest BCUT2D eigenvalue weighted by Crippen LogP contribution is 2.28. The maximum Gasteiger partial charge on any atom is 0.242 e. The third-order valence-electron chi connectivity index (χ3n) is 4.02. The quantitative estimate of drug-likeness (QED) is 0.743. The van der Waals surface area contributed by atoms with Gasteiger partial charge in [-0.25, -0.2) is 12.7 Å². The van der Waals surface area contributed by atoms with Crippen LogP contribution in [0.15, 0.2) is 29.2 Å². The molecule has 1 aromatic rings. The largest absolute Gasteiger partial charge is 0.369 e. The first kappa shape index (κ1) is 16.8. The number of hydrogen-bond acceptors (Lipinski definition) is 3. The number of anilines is 1. The molecule has 0 spiro atoms. The van der Waals surface area contributed by atoms with E-state index in [4.69, 9.17) is 0 Å². The molecule has 0 amide bonds. The standard InChI is InChI=1S/C15H23BrN2O2S/c1-17(2)21(19,20)15-8-6-14(7-9-15)18-12-4-3-5-13(18)10-11-16/h6-9,13H,3-5,10-12H2,1-2H3. The Morgan fingerprint density at radius 3 is 2.48 bits per heavy atom. The molecule has 1 atom stereocenters. The van der Waals surface area contributed by atoms with Crippen molar-refractivity contribution in [2.24, 2.45) is 0 Å². The monoisotopic (exact) mass is 374 g/mol. The molecule has 6 heteroatoms. The topological polar surface area (TPSA) is 40.6 Å². The lowest BCUT2D eigenvalue weighted by Gasteiger charge is -2.37. The number of piperidine rings is 1. The lowest BCUT2D eigenvalue weighted by Crippen LogP contribution is -2.39. The van der Waals surface area contributed by atoms with Gasteiger partial charge in [-0.2, -0.15) is 0 Å². The van der Waals surface area contributed by atoms with Crippen LogP contribution in [0.3, 0.4) is 0 Å². The van der Waals surface area contributed by atoms with Gasteiger partial charge in [0.15, 0.2) is 0 Å². The first-order valence-electron chi connectivity index (χ1n) is 7.32. The summed E-state index contributed by atoms with van der Waals surface area (Å²) in [5.41, 5.74) is 1.12. The van der Waals surface area contributed by atoms with Gasteiger partial charge in [0.1, 0.15) is 0 Å². The Balaban J connectivity index is 2.21. The van der Waals surface area contributed by atoms with E-state index >= 15 is 0 Å². The highest BCUT2D eigenvalue weighted by Gasteiger charge is 2.23. The van der Waals surface area contributed by atoms with Gasteiger partial charge in [0.25, 0.3) is 0 Å². The van der Waals surface area contributed by atoms with Gasteiger partial charge in [-0.1, -0.05) is 15.9 Å². The summed E-state index contributed by atoms with van der Waals surface area (Å²) < 4.78 is 25.4. The minimum atomic E-state index is -3.34. The number of sulfonamides is 1. The summed E-state index contributed by atoms with van der Waals surface area (Å²) in [4.78, 5) is 2.77. The van der Waals surface area contributed by atoms with Gasteiger partial charge in [-0.05, 0) is 49.9 Å². The van der Waals surface area contributed by atoms with E-state index in [1.165, 1.54) is 23.6 Å². The Morgan fingerprint density at radius 1 is 1.24 bits per heavy atom. The molecule has 1 heterocycles. The Hall–Kier alpha value is -0.590. The van der Waals surface area contributed by atoms with Crippen molar-refractivity contribution in [1.82, 2.24) is 4.31 Å². The first-order chi connectivity index (χ1) is 9.96. The van der Waals surface area contributed by atoms with Crippen LogP contribution in [-0.2, 0) is 10.0 Å². The second-order valence-corrected chi connectivity index (χ2v) is 8.55. The molecule has 1 saturated heterocycles. The molecule has 0 aromatic heterocycles. The van der Waals surface area contributed by atoms with Crippen LogP contribution in [0.25, 0.3) is 0 Å². The van der Waals surface area contributed by atoms with Crippen molar-refractivity contribution in [2.75, 3.05) is 30.9 Å². The number of rotatable bonds is 5. The molecule has 0 radical (unpaired) electrons. The highest BCUT2D eigenvalue weighted by molar-refractivity contribution is 9.09. The molecule has 2 rings (SSSR count). The van der Waals surface area contributed by atoms with Crippen molar-refractivity contribution in [2.45, 2.75) is 36.6 Å². The van der Waals surface area contributed by atoms with E-state index in [1.807, 2.05) is 12.1 Å². The predicted octanol–water partition coefficient (Wildman–Crippen LogP) is 3.08. The minimum absolute atomic E-state index is 0.352. The van der Waals surface area contributed by atoms with E-state index in [9.17, 15) is 8.42 Å². The summed E-state index contributed by atoms with van der Waals surface area (Å²) >= 11 is 3.53. The maximum atomic E-state index is 12.1. The summed E-state index contributed by atoms with van der Waals surface area (Å²) in [6.45, 7) is 1.05. The summed E-state index contributed by atoms with van der Waals surface area (Å²) in [7, 11) is -0.230. The van der Waals surface area contributed by atoms with Gasteiger partial charge < -0.3 is 4.90 Å². The fourth-order valence-corrected chi connectivity index (χ4v) is 4.22. The zero-order valence-corrected chi connectivity index (χ0v) is 15.0. The van der Waals surface area contributed by atoms with Gasteiger partial charge in [-0.15, -0.1) is 0 Å². The van der Waals surface area contributed by atoms with Crippen molar-refractivity contribution >= 4 is 31.6 Å². The molecular weight excluding hydrogens is 352 g/mol. The molecule has 1 aromatic carbocycles. The lowest BCUT2D eigenvalue weighted by molar-refractivity contribution is 0.452. The van der Waals surface area contributed by atoms with Crippen LogP contribution in [0, 0.1) is 0 Å². The normalized spacial score (nSPS) is 20.0. The van der Waals surface area contributed by atoms with E-state index in [-0.39, 0.29) is 0 Å². The maximum absolute atomic E-state index is 12.1. The zero-order valence-electron chi connectivity index (χ0n) is 12.6. The van der Waals surface area contributed by atoms with Gasteiger partial charge in [0.2, 0.25) is 10.0 Å². The average molecular weight is 375 g/mol.